The minimum Gasteiger partial charge on any atom is -0.497 e. The molecule has 0 radical (unpaired) electrons. The van der Waals surface area contributed by atoms with E-state index >= 15 is 0 Å². The number of carbonyl (C=O) groups is 1. The van der Waals surface area contributed by atoms with Gasteiger partial charge in [-0.25, -0.2) is 0 Å². The molecule has 0 fully saturated rings. The highest BCUT2D eigenvalue weighted by Gasteiger charge is 2.16. The van der Waals surface area contributed by atoms with Gasteiger partial charge in [0.2, 0.25) is 0 Å². The summed E-state index contributed by atoms with van der Waals surface area (Å²) in [5.41, 5.74) is 1.26. The van der Waals surface area contributed by atoms with E-state index in [9.17, 15) is 4.79 Å². The molecule has 0 aliphatic carbocycles. The van der Waals surface area contributed by atoms with Crippen molar-refractivity contribution >= 4 is 33.0 Å². The monoisotopic (exact) mass is 340 g/mol. The molecule has 0 aliphatic rings. The molecule has 0 N–H and O–H groups in total. The molecule has 2 aromatic rings. The lowest BCUT2D eigenvalue weighted by Gasteiger charge is -2.07. The summed E-state index contributed by atoms with van der Waals surface area (Å²) in [4.78, 5) is 13.5. The highest BCUT2D eigenvalue weighted by Crippen LogP contribution is 2.30. The summed E-state index contributed by atoms with van der Waals surface area (Å²) in [6.07, 6.45) is 0. The zero-order valence-electron chi connectivity index (χ0n) is 10.8. The lowest BCUT2D eigenvalue weighted by molar-refractivity contribution is 0.103. The average molecular weight is 341 g/mol. The largest absolute Gasteiger partial charge is 0.497 e. The second-order valence-corrected chi connectivity index (χ2v) is 6.59. The summed E-state index contributed by atoms with van der Waals surface area (Å²) in [7, 11) is 3.13. The molecule has 0 unspecified atom stereocenters. The minimum atomic E-state index is -0.0309. The van der Waals surface area contributed by atoms with E-state index in [4.69, 9.17) is 9.47 Å². The Kier molecular flexibility index (Phi) is 4.27. The number of halogens is 1. The van der Waals surface area contributed by atoms with Crippen molar-refractivity contribution < 1.29 is 14.3 Å². The predicted octanol–water partition coefficient (Wildman–Crippen LogP) is 4.07. The van der Waals surface area contributed by atoms with E-state index in [0.717, 1.165) is 8.66 Å². The van der Waals surface area contributed by atoms with Crippen LogP contribution in [0.2, 0.25) is 0 Å². The van der Waals surface area contributed by atoms with E-state index < -0.39 is 0 Å². The first-order valence-corrected chi connectivity index (χ1v) is 7.19. The average Bonchev–Trinajstić information content (AvgIpc) is 2.76. The summed E-state index contributed by atoms with van der Waals surface area (Å²) in [6.45, 7) is 1.93. The van der Waals surface area contributed by atoms with Crippen LogP contribution in [0.4, 0.5) is 0 Å². The number of hydrogen-bond donors (Lipinski definition) is 0. The molecule has 0 atom stereocenters. The molecule has 0 spiro atoms. The molecule has 0 aliphatic heterocycles. The molecular formula is C14H13BrO3S. The maximum absolute atomic E-state index is 12.5. The molecular weight excluding hydrogens is 328 g/mol. The van der Waals surface area contributed by atoms with Gasteiger partial charge in [0.25, 0.3) is 0 Å². The number of aryl methyl sites for hydroxylation is 1. The van der Waals surface area contributed by atoms with Crippen LogP contribution in [0.25, 0.3) is 0 Å². The Morgan fingerprint density at radius 3 is 2.11 bits per heavy atom. The van der Waals surface area contributed by atoms with Gasteiger partial charge in [-0.3, -0.25) is 4.79 Å². The number of thiophene rings is 1. The van der Waals surface area contributed by atoms with Crippen molar-refractivity contribution in [1.29, 1.82) is 0 Å². The third-order valence-electron chi connectivity index (χ3n) is 2.75. The zero-order chi connectivity index (χ0) is 14.0. The fraction of sp³-hybridized carbons (Fsp3) is 0.214. The molecule has 1 heterocycles. The Labute approximate surface area is 124 Å². The van der Waals surface area contributed by atoms with E-state index in [1.807, 2.05) is 13.0 Å². The second kappa shape index (κ2) is 5.75. The van der Waals surface area contributed by atoms with Gasteiger partial charge in [0.05, 0.1) is 18.0 Å². The number of rotatable bonds is 4. The third kappa shape index (κ3) is 2.98. The number of ether oxygens (including phenoxy) is 2. The number of methoxy groups -OCH3 is 2. The molecule has 1 aromatic carbocycles. The van der Waals surface area contributed by atoms with E-state index in [0.29, 0.717) is 22.6 Å². The van der Waals surface area contributed by atoms with Crippen LogP contribution in [0.1, 0.15) is 20.8 Å². The second-order valence-electron chi connectivity index (χ2n) is 3.95. The fourth-order valence-electron chi connectivity index (χ4n) is 1.77. The van der Waals surface area contributed by atoms with E-state index in [1.54, 1.807) is 43.8 Å². The Bertz CT molecular complexity index is 597. The number of hydrogen-bond acceptors (Lipinski definition) is 4. The van der Waals surface area contributed by atoms with Gasteiger partial charge in [-0.15, -0.1) is 11.3 Å². The van der Waals surface area contributed by atoms with Gasteiger partial charge >= 0.3 is 0 Å². The van der Waals surface area contributed by atoms with Gasteiger partial charge < -0.3 is 9.47 Å². The Morgan fingerprint density at radius 2 is 1.68 bits per heavy atom. The van der Waals surface area contributed by atoms with Crippen molar-refractivity contribution in [3.63, 3.8) is 0 Å². The molecule has 19 heavy (non-hydrogen) atoms. The molecule has 3 nitrogen and oxygen atoms in total. The highest BCUT2D eigenvalue weighted by molar-refractivity contribution is 9.11. The normalized spacial score (nSPS) is 10.3. The van der Waals surface area contributed by atoms with Gasteiger partial charge in [-0.2, -0.15) is 0 Å². The van der Waals surface area contributed by atoms with Crippen LogP contribution in [0, 0.1) is 6.92 Å². The van der Waals surface area contributed by atoms with Crippen LogP contribution in [-0.4, -0.2) is 20.0 Å². The maximum Gasteiger partial charge on any atom is 0.194 e. The van der Waals surface area contributed by atoms with Crippen molar-refractivity contribution in [3.05, 3.63) is 44.1 Å². The minimum absolute atomic E-state index is 0.0309. The predicted molar refractivity (Wildman–Crippen MR) is 79.7 cm³/mol. The molecule has 1 aromatic heterocycles. The van der Waals surface area contributed by atoms with E-state index in [-0.39, 0.29) is 5.78 Å². The van der Waals surface area contributed by atoms with Crippen molar-refractivity contribution in [2.45, 2.75) is 6.92 Å². The fourth-order valence-corrected chi connectivity index (χ4v) is 3.45. The van der Waals surface area contributed by atoms with Crippen LogP contribution in [-0.2, 0) is 0 Å². The van der Waals surface area contributed by atoms with Gasteiger partial charge in [-0.1, -0.05) is 0 Å². The first-order chi connectivity index (χ1) is 9.05. The van der Waals surface area contributed by atoms with Crippen molar-refractivity contribution in [1.82, 2.24) is 0 Å². The summed E-state index contributed by atoms with van der Waals surface area (Å²) < 4.78 is 11.3. The summed E-state index contributed by atoms with van der Waals surface area (Å²) in [5.74, 6) is 1.18. The third-order valence-corrected chi connectivity index (χ3v) is 4.30. The van der Waals surface area contributed by atoms with Crippen LogP contribution in [0.3, 0.4) is 0 Å². The topological polar surface area (TPSA) is 35.5 Å². The van der Waals surface area contributed by atoms with Crippen molar-refractivity contribution in [2.24, 2.45) is 0 Å². The molecule has 0 saturated carbocycles. The first-order valence-electron chi connectivity index (χ1n) is 5.59. The Balaban J connectivity index is 2.46. The first kappa shape index (κ1) is 14.1. The number of benzene rings is 1. The summed E-state index contributed by atoms with van der Waals surface area (Å²) in [6, 6.07) is 7.02. The Morgan fingerprint density at radius 1 is 1.11 bits per heavy atom. The van der Waals surface area contributed by atoms with Gasteiger partial charge in [-0.05, 0) is 41.1 Å². The zero-order valence-corrected chi connectivity index (χ0v) is 13.2. The van der Waals surface area contributed by atoms with Crippen LogP contribution in [0.5, 0.6) is 11.5 Å². The quantitative estimate of drug-likeness (QED) is 0.787. The molecule has 0 amide bonds. The van der Waals surface area contributed by atoms with E-state index in [1.165, 1.54) is 0 Å². The van der Waals surface area contributed by atoms with Crippen LogP contribution < -0.4 is 9.47 Å². The van der Waals surface area contributed by atoms with Gasteiger partial charge in [0.15, 0.2) is 5.78 Å². The van der Waals surface area contributed by atoms with Gasteiger partial charge in [0.1, 0.15) is 11.5 Å². The van der Waals surface area contributed by atoms with Crippen LogP contribution in [0.15, 0.2) is 28.1 Å². The number of carbonyl (C=O) groups excluding carboxylic acids is 1. The maximum atomic E-state index is 12.5. The smallest absolute Gasteiger partial charge is 0.194 e. The summed E-state index contributed by atoms with van der Waals surface area (Å²) >= 11 is 4.94. The highest BCUT2D eigenvalue weighted by atomic mass is 79.9. The van der Waals surface area contributed by atoms with Crippen molar-refractivity contribution in [3.8, 4) is 11.5 Å². The molecule has 0 saturated heterocycles. The number of ketones is 1. The molecule has 100 valence electrons. The lowest BCUT2D eigenvalue weighted by Crippen LogP contribution is -2.02. The Hall–Kier alpha value is -1.33. The van der Waals surface area contributed by atoms with Crippen LogP contribution >= 0.6 is 27.3 Å². The molecule has 5 heteroatoms. The standard InChI is InChI=1S/C14H13BrO3S/c1-8-12(7-13(15)19-8)14(16)9-4-10(17-2)6-11(5-9)18-3/h4-7H,1-3H3. The van der Waals surface area contributed by atoms with E-state index in [2.05, 4.69) is 15.9 Å². The summed E-state index contributed by atoms with van der Waals surface area (Å²) in [5, 5.41) is 0. The van der Waals surface area contributed by atoms with Gasteiger partial charge in [0, 0.05) is 22.1 Å². The van der Waals surface area contributed by atoms with Crippen molar-refractivity contribution in [2.75, 3.05) is 14.2 Å². The molecule has 0 bridgehead atoms. The SMILES string of the molecule is COc1cc(OC)cc(C(=O)c2cc(Br)sc2C)c1. The molecule has 2 rings (SSSR count). The lowest BCUT2D eigenvalue weighted by atomic mass is 10.0.